The van der Waals surface area contributed by atoms with Gasteiger partial charge in [-0.05, 0) is 39.0 Å². The van der Waals surface area contributed by atoms with Crippen LogP contribution in [0.1, 0.15) is 26.3 Å². The molecule has 0 unspecified atom stereocenters. The van der Waals surface area contributed by atoms with E-state index in [-0.39, 0.29) is 12.1 Å². The van der Waals surface area contributed by atoms with Crippen LogP contribution >= 0.6 is 15.9 Å². The van der Waals surface area contributed by atoms with Crippen molar-refractivity contribution in [1.82, 2.24) is 9.44 Å². The van der Waals surface area contributed by atoms with Crippen LogP contribution in [-0.2, 0) is 16.8 Å². The zero-order valence-electron chi connectivity index (χ0n) is 10.4. The van der Waals surface area contributed by atoms with E-state index in [4.69, 9.17) is 0 Å². The SMILES string of the molecule is CC(C)(C)NS(=O)(=O)NCc1cc(Br)ccc1F. The fourth-order valence-corrected chi connectivity index (χ4v) is 2.92. The average Bonchev–Trinajstić information content (AvgIpc) is 2.16. The first-order valence-electron chi connectivity index (χ1n) is 5.31. The number of hydrogen-bond acceptors (Lipinski definition) is 2. The third kappa shape index (κ3) is 5.43. The fourth-order valence-electron chi connectivity index (χ4n) is 1.29. The third-order valence-corrected chi connectivity index (χ3v) is 3.80. The maximum absolute atomic E-state index is 13.4. The molecule has 0 bridgehead atoms. The number of benzene rings is 1. The first-order valence-corrected chi connectivity index (χ1v) is 7.59. The van der Waals surface area contributed by atoms with Gasteiger partial charge in [-0.15, -0.1) is 0 Å². The van der Waals surface area contributed by atoms with Crippen LogP contribution in [0.3, 0.4) is 0 Å². The minimum atomic E-state index is -3.65. The van der Waals surface area contributed by atoms with Crippen molar-refractivity contribution in [2.24, 2.45) is 0 Å². The topological polar surface area (TPSA) is 58.2 Å². The van der Waals surface area contributed by atoms with E-state index in [1.54, 1.807) is 26.8 Å². The lowest BCUT2D eigenvalue weighted by atomic mass is 10.1. The Hall–Kier alpha value is -0.500. The molecule has 0 aliphatic heterocycles. The molecule has 1 rings (SSSR count). The van der Waals surface area contributed by atoms with Gasteiger partial charge < -0.3 is 0 Å². The summed E-state index contributed by atoms with van der Waals surface area (Å²) < 4.78 is 42.1. The maximum Gasteiger partial charge on any atom is 0.277 e. The Bertz CT molecular complexity index is 526. The Balaban J connectivity index is 2.73. The minimum absolute atomic E-state index is 0.101. The highest BCUT2D eigenvalue weighted by atomic mass is 79.9. The fraction of sp³-hybridized carbons (Fsp3) is 0.455. The van der Waals surface area contributed by atoms with E-state index >= 15 is 0 Å². The Morgan fingerprint density at radius 3 is 2.50 bits per heavy atom. The molecule has 1 aromatic carbocycles. The molecule has 0 radical (unpaired) electrons. The first kappa shape index (κ1) is 15.6. The van der Waals surface area contributed by atoms with Crippen LogP contribution in [-0.4, -0.2) is 14.0 Å². The summed E-state index contributed by atoms with van der Waals surface area (Å²) in [5.74, 6) is -0.448. The molecule has 0 atom stereocenters. The Morgan fingerprint density at radius 2 is 1.94 bits per heavy atom. The quantitative estimate of drug-likeness (QED) is 0.884. The van der Waals surface area contributed by atoms with Gasteiger partial charge >= 0.3 is 0 Å². The molecule has 18 heavy (non-hydrogen) atoms. The molecule has 0 fully saturated rings. The molecule has 0 heterocycles. The first-order chi connectivity index (χ1) is 8.09. The lowest BCUT2D eigenvalue weighted by Crippen LogP contribution is -2.46. The summed E-state index contributed by atoms with van der Waals surface area (Å²) in [6, 6.07) is 4.38. The number of nitrogens with one attached hydrogen (secondary N) is 2. The van der Waals surface area contributed by atoms with Crippen molar-refractivity contribution in [2.75, 3.05) is 0 Å². The molecule has 0 aliphatic rings. The van der Waals surface area contributed by atoms with Gasteiger partial charge in [-0.1, -0.05) is 15.9 Å². The highest BCUT2D eigenvalue weighted by molar-refractivity contribution is 9.10. The zero-order chi connectivity index (χ0) is 14.0. The second-order valence-electron chi connectivity index (χ2n) is 4.91. The lowest BCUT2D eigenvalue weighted by Gasteiger charge is -2.20. The van der Waals surface area contributed by atoms with Crippen molar-refractivity contribution in [1.29, 1.82) is 0 Å². The van der Waals surface area contributed by atoms with Crippen LogP contribution in [0.25, 0.3) is 0 Å². The molecule has 0 spiro atoms. The van der Waals surface area contributed by atoms with Crippen molar-refractivity contribution in [3.8, 4) is 0 Å². The normalized spacial score (nSPS) is 12.7. The van der Waals surface area contributed by atoms with E-state index in [0.29, 0.717) is 4.47 Å². The smallest absolute Gasteiger partial charge is 0.207 e. The Kier molecular flexibility index (Phi) is 4.88. The predicted molar refractivity (Wildman–Crippen MR) is 72.7 cm³/mol. The Labute approximate surface area is 115 Å². The van der Waals surface area contributed by atoms with E-state index in [2.05, 4.69) is 25.4 Å². The van der Waals surface area contributed by atoms with Crippen molar-refractivity contribution in [3.63, 3.8) is 0 Å². The summed E-state index contributed by atoms with van der Waals surface area (Å²) in [6.45, 7) is 5.08. The van der Waals surface area contributed by atoms with E-state index in [9.17, 15) is 12.8 Å². The predicted octanol–water partition coefficient (Wildman–Crippen LogP) is 2.31. The van der Waals surface area contributed by atoms with Gasteiger partial charge in [0.05, 0.1) is 0 Å². The highest BCUT2D eigenvalue weighted by Crippen LogP contribution is 2.15. The molecule has 0 saturated carbocycles. The molecule has 0 aliphatic carbocycles. The van der Waals surface area contributed by atoms with Crippen LogP contribution in [0, 0.1) is 5.82 Å². The van der Waals surface area contributed by atoms with Crippen molar-refractivity contribution >= 4 is 26.1 Å². The van der Waals surface area contributed by atoms with E-state index in [0.717, 1.165) is 0 Å². The van der Waals surface area contributed by atoms with Gasteiger partial charge in [0.2, 0.25) is 0 Å². The molecule has 102 valence electrons. The molecule has 4 nitrogen and oxygen atoms in total. The average molecular weight is 339 g/mol. The van der Waals surface area contributed by atoms with Crippen LogP contribution in [0.15, 0.2) is 22.7 Å². The van der Waals surface area contributed by atoms with Gasteiger partial charge in [-0.2, -0.15) is 17.9 Å². The summed E-state index contributed by atoms with van der Waals surface area (Å²) in [4.78, 5) is 0. The minimum Gasteiger partial charge on any atom is -0.207 e. The van der Waals surface area contributed by atoms with Gasteiger partial charge in [-0.3, -0.25) is 0 Å². The monoisotopic (exact) mass is 338 g/mol. The van der Waals surface area contributed by atoms with Gasteiger partial charge in [0.25, 0.3) is 10.2 Å². The lowest BCUT2D eigenvalue weighted by molar-refractivity contribution is 0.483. The number of rotatable bonds is 4. The molecule has 0 saturated heterocycles. The summed E-state index contributed by atoms with van der Waals surface area (Å²) in [7, 11) is -3.65. The van der Waals surface area contributed by atoms with Crippen LogP contribution < -0.4 is 9.44 Å². The van der Waals surface area contributed by atoms with Gasteiger partial charge in [0.1, 0.15) is 5.82 Å². The second-order valence-corrected chi connectivity index (χ2v) is 7.33. The molecule has 1 aromatic rings. The molecular weight excluding hydrogens is 323 g/mol. The van der Waals surface area contributed by atoms with Crippen LogP contribution in [0.5, 0.6) is 0 Å². The van der Waals surface area contributed by atoms with E-state index < -0.39 is 21.6 Å². The van der Waals surface area contributed by atoms with Crippen LogP contribution in [0.4, 0.5) is 4.39 Å². The third-order valence-electron chi connectivity index (χ3n) is 1.90. The molecule has 7 heteroatoms. The summed E-state index contributed by atoms with van der Waals surface area (Å²) >= 11 is 3.21. The van der Waals surface area contributed by atoms with Crippen LogP contribution in [0.2, 0.25) is 0 Å². The summed E-state index contributed by atoms with van der Waals surface area (Å²) in [6.07, 6.45) is 0. The molecule has 2 N–H and O–H groups in total. The largest absolute Gasteiger partial charge is 0.277 e. The highest BCUT2D eigenvalue weighted by Gasteiger charge is 2.19. The van der Waals surface area contributed by atoms with Gasteiger partial charge in [0.15, 0.2) is 0 Å². The van der Waals surface area contributed by atoms with E-state index in [1.165, 1.54) is 12.1 Å². The van der Waals surface area contributed by atoms with Crippen molar-refractivity contribution in [2.45, 2.75) is 32.9 Å². The summed E-state index contributed by atoms with van der Waals surface area (Å²) in [5.41, 5.74) is -0.301. The maximum atomic E-state index is 13.4. The zero-order valence-corrected chi connectivity index (χ0v) is 12.8. The van der Waals surface area contributed by atoms with E-state index in [1.807, 2.05) is 0 Å². The Morgan fingerprint density at radius 1 is 1.33 bits per heavy atom. The number of halogens is 2. The number of hydrogen-bond donors (Lipinski definition) is 2. The molecular formula is C11H16BrFN2O2S. The standard InChI is InChI=1S/C11H16BrFN2O2S/c1-11(2,3)15-18(16,17)14-7-8-6-9(12)4-5-10(8)13/h4-6,14-15H,7H2,1-3H3. The second kappa shape index (κ2) is 5.64. The molecule has 0 amide bonds. The van der Waals surface area contributed by atoms with Gasteiger partial charge in [0, 0.05) is 22.1 Å². The van der Waals surface area contributed by atoms with Gasteiger partial charge in [-0.25, -0.2) is 4.39 Å². The van der Waals surface area contributed by atoms with Crippen molar-refractivity contribution < 1.29 is 12.8 Å². The van der Waals surface area contributed by atoms with Crippen molar-refractivity contribution in [3.05, 3.63) is 34.1 Å². The summed E-state index contributed by atoms with van der Waals surface area (Å²) in [5, 5.41) is 0. The molecule has 0 aromatic heterocycles.